The Bertz CT molecular complexity index is 1400. The molecule has 4 rings (SSSR count). The summed E-state index contributed by atoms with van der Waals surface area (Å²) in [5.41, 5.74) is 1.55. The molecule has 1 aromatic heterocycles. The van der Waals surface area contributed by atoms with Gasteiger partial charge in [0.15, 0.2) is 5.78 Å². The predicted molar refractivity (Wildman–Crippen MR) is 118 cm³/mol. The summed E-state index contributed by atoms with van der Waals surface area (Å²) in [6.45, 7) is 3.66. The van der Waals surface area contributed by atoms with Crippen molar-refractivity contribution in [3.8, 4) is 0 Å². The third-order valence-corrected chi connectivity index (χ3v) is 5.66. The van der Waals surface area contributed by atoms with E-state index < -0.39 is 23.0 Å². The number of halogens is 3. The van der Waals surface area contributed by atoms with Gasteiger partial charge in [0.1, 0.15) is 0 Å². The van der Waals surface area contributed by atoms with Crippen molar-refractivity contribution in [3.05, 3.63) is 117 Å². The van der Waals surface area contributed by atoms with E-state index in [0.717, 1.165) is 17.2 Å². The molecule has 0 bridgehead atoms. The van der Waals surface area contributed by atoms with E-state index in [-0.39, 0.29) is 23.1 Å². The fourth-order valence-corrected chi connectivity index (χ4v) is 3.79. The normalized spacial score (nSPS) is 11.7. The number of pyridine rings is 1. The number of para-hydroxylation sites is 1. The molecular weight excluding hydrogens is 415 g/mol. The van der Waals surface area contributed by atoms with E-state index in [0.29, 0.717) is 11.1 Å². The van der Waals surface area contributed by atoms with E-state index in [9.17, 15) is 22.8 Å². The molecular formula is C26H20F3NO2. The zero-order valence-electron chi connectivity index (χ0n) is 17.5. The molecule has 4 aromatic rings. The van der Waals surface area contributed by atoms with Crippen molar-refractivity contribution in [3.63, 3.8) is 0 Å². The molecule has 6 heteroatoms. The Morgan fingerprint density at radius 2 is 1.59 bits per heavy atom. The molecule has 0 amide bonds. The molecule has 0 spiro atoms. The van der Waals surface area contributed by atoms with Gasteiger partial charge in [-0.25, -0.2) is 0 Å². The maximum atomic E-state index is 13.5. The van der Waals surface area contributed by atoms with Crippen LogP contribution in [-0.4, -0.2) is 10.4 Å². The Hall–Kier alpha value is -3.67. The molecule has 0 fully saturated rings. The lowest BCUT2D eigenvalue weighted by Gasteiger charge is -2.17. The van der Waals surface area contributed by atoms with Crippen LogP contribution in [0.25, 0.3) is 10.9 Å². The Labute approximate surface area is 182 Å². The fraction of sp³-hybridized carbons (Fsp3) is 0.154. The fourth-order valence-electron chi connectivity index (χ4n) is 3.79. The monoisotopic (exact) mass is 435 g/mol. The number of ketones is 1. The van der Waals surface area contributed by atoms with E-state index in [2.05, 4.69) is 0 Å². The van der Waals surface area contributed by atoms with Gasteiger partial charge in [0.2, 0.25) is 5.43 Å². The van der Waals surface area contributed by atoms with Gasteiger partial charge in [-0.15, -0.1) is 0 Å². The summed E-state index contributed by atoms with van der Waals surface area (Å²) in [6.07, 6.45) is -3.14. The van der Waals surface area contributed by atoms with Gasteiger partial charge in [0.25, 0.3) is 0 Å². The van der Waals surface area contributed by atoms with Gasteiger partial charge in [0.05, 0.1) is 16.6 Å². The van der Waals surface area contributed by atoms with Crippen LogP contribution in [0.15, 0.2) is 77.7 Å². The number of alkyl halides is 3. The average molecular weight is 435 g/mol. The van der Waals surface area contributed by atoms with Crippen molar-refractivity contribution >= 4 is 16.7 Å². The Balaban J connectivity index is 1.90. The number of hydrogen-bond acceptors (Lipinski definition) is 2. The molecule has 1 heterocycles. The van der Waals surface area contributed by atoms with Crippen molar-refractivity contribution < 1.29 is 18.0 Å². The molecule has 32 heavy (non-hydrogen) atoms. The summed E-state index contributed by atoms with van der Waals surface area (Å²) in [4.78, 5) is 26.3. The van der Waals surface area contributed by atoms with Gasteiger partial charge in [-0.1, -0.05) is 42.5 Å². The first-order chi connectivity index (χ1) is 15.2. The topological polar surface area (TPSA) is 39.1 Å². The molecule has 3 aromatic carbocycles. The van der Waals surface area contributed by atoms with Crippen molar-refractivity contribution in [1.82, 2.24) is 4.57 Å². The summed E-state index contributed by atoms with van der Waals surface area (Å²) in [7, 11) is 0. The maximum Gasteiger partial charge on any atom is 0.416 e. The van der Waals surface area contributed by atoms with Crippen molar-refractivity contribution in [2.45, 2.75) is 26.6 Å². The van der Waals surface area contributed by atoms with Crippen LogP contribution >= 0.6 is 0 Å². The first kappa shape index (κ1) is 21.6. The van der Waals surface area contributed by atoms with E-state index in [1.54, 1.807) is 36.4 Å². The molecule has 0 saturated carbocycles. The number of carbonyl (C=O) groups excluding carboxylic acids is 1. The number of carbonyl (C=O) groups is 1. The Kier molecular flexibility index (Phi) is 5.46. The number of fused-ring (bicyclic) bond motifs is 1. The van der Waals surface area contributed by atoms with Crippen LogP contribution in [0.2, 0.25) is 0 Å². The highest BCUT2D eigenvalue weighted by Gasteiger charge is 2.33. The minimum Gasteiger partial charge on any atom is -0.342 e. The molecule has 0 aliphatic heterocycles. The van der Waals surface area contributed by atoms with Crippen LogP contribution in [0.3, 0.4) is 0 Å². The first-order valence-corrected chi connectivity index (χ1v) is 10.1. The van der Waals surface area contributed by atoms with Gasteiger partial charge < -0.3 is 4.57 Å². The highest BCUT2D eigenvalue weighted by Crippen LogP contribution is 2.32. The molecule has 0 aliphatic carbocycles. The maximum absolute atomic E-state index is 13.5. The smallest absolute Gasteiger partial charge is 0.342 e. The standard InChI is InChI=1S/C26H20F3NO2/c1-16-11-12-18(13-17(16)2)24(31)21-15-30(23-10-6-4-8-20(23)25(21)32)14-19-7-3-5-9-22(19)26(27,28)29/h3-13,15H,14H2,1-2H3. The van der Waals surface area contributed by atoms with Gasteiger partial charge in [-0.05, 0) is 54.8 Å². The lowest BCUT2D eigenvalue weighted by Crippen LogP contribution is -2.21. The molecule has 3 nitrogen and oxygen atoms in total. The second kappa shape index (κ2) is 8.11. The van der Waals surface area contributed by atoms with Crippen LogP contribution in [0.4, 0.5) is 13.2 Å². The van der Waals surface area contributed by atoms with E-state index in [1.807, 2.05) is 19.9 Å². The highest BCUT2D eigenvalue weighted by atomic mass is 19.4. The molecule has 0 aliphatic rings. The van der Waals surface area contributed by atoms with Gasteiger partial charge in [-0.3, -0.25) is 9.59 Å². The summed E-state index contributed by atoms with van der Waals surface area (Å²) in [5.74, 6) is -0.457. The molecule has 0 unspecified atom stereocenters. The third kappa shape index (κ3) is 3.96. The summed E-state index contributed by atoms with van der Waals surface area (Å²) in [6, 6.07) is 17.1. The van der Waals surface area contributed by atoms with Crippen LogP contribution in [-0.2, 0) is 12.7 Å². The van der Waals surface area contributed by atoms with E-state index in [1.165, 1.54) is 29.0 Å². The zero-order chi connectivity index (χ0) is 23.0. The Morgan fingerprint density at radius 3 is 2.31 bits per heavy atom. The first-order valence-electron chi connectivity index (χ1n) is 10.1. The number of nitrogens with zero attached hydrogens (tertiary/aromatic N) is 1. The highest BCUT2D eigenvalue weighted by molar-refractivity contribution is 6.10. The second-order valence-corrected chi connectivity index (χ2v) is 7.80. The molecule has 0 N–H and O–H groups in total. The van der Waals surface area contributed by atoms with Crippen LogP contribution in [0.1, 0.15) is 38.2 Å². The number of benzene rings is 3. The predicted octanol–water partition coefficient (Wildman–Crippen LogP) is 5.92. The summed E-state index contributed by atoms with van der Waals surface area (Å²) < 4.78 is 42.1. The number of rotatable bonds is 4. The van der Waals surface area contributed by atoms with Crippen molar-refractivity contribution in [1.29, 1.82) is 0 Å². The lowest BCUT2D eigenvalue weighted by molar-refractivity contribution is -0.138. The van der Waals surface area contributed by atoms with E-state index >= 15 is 0 Å². The second-order valence-electron chi connectivity index (χ2n) is 7.80. The minimum atomic E-state index is -4.51. The number of aromatic nitrogens is 1. The van der Waals surface area contributed by atoms with Crippen LogP contribution < -0.4 is 5.43 Å². The molecule has 0 radical (unpaired) electrons. The van der Waals surface area contributed by atoms with Gasteiger partial charge in [0, 0.05) is 23.7 Å². The SMILES string of the molecule is Cc1ccc(C(=O)c2cn(Cc3ccccc3C(F)(F)F)c3ccccc3c2=O)cc1C. The Morgan fingerprint density at radius 1 is 0.906 bits per heavy atom. The number of aryl methyl sites for hydroxylation is 2. The third-order valence-electron chi connectivity index (χ3n) is 5.66. The average Bonchev–Trinajstić information content (AvgIpc) is 2.77. The lowest BCUT2D eigenvalue weighted by atomic mass is 9.98. The number of hydrogen-bond donors (Lipinski definition) is 0. The van der Waals surface area contributed by atoms with Crippen molar-refractivity contribution in [2.75, 3.05) is 0 Å². The zero-order valence-corrected chi connectivity index (χ0v) is 17.5. The molecule has 0 saturated heterocycles. The molecule has 162 valence electrons. The van der Waals surface area contributed by atoms with Crippen LogP contribution in [0, 0.1) is 13.8 Å². The largest absolute Gasteiger partial charge is 0.416 e. The quantitative estimate of drug-likeness (QED) is 0.374. The van der Waals surface area contributed by atoms with Gasteiger partial charge in [-0.2, -0.15) is 13.2 Å². The van der Waals surface area contributed by atoms with Crippen LogP contribution in [0.5, 0.6) is 0 Å². The summed E-state index contributed by atoms with van der Waals surface area (Å²) in [5, 5.41) is 0.284. The van der Waals surface area contributed by atoms with Crippen molar-refractivity contribution in [2.24, 2.45) is 0 Å². The minimum absolute atomic E-state index is 0.0541. The molecule has 0 atom stereocenters. The van der Waals surface area contributed by atoms with E-state index in [4.69, 9.17) is 0 Å². The summed E-state index contributed by atoms with van der Waals surface area (Å²) >= 11 is 0. The van der Waals surface area contributed by atoms with Gasteiger partial charge >= 0.3 is 6.18 Å².